The number of nitrogens with zero attached hydrogens (tertiary/aromatic N) is 3. The van der Waals surface area contributed by atoms with Crippen LogP contribution in [0.3, 0.4) is 0 Å². The average molecular weight is 516 g/mol. The van der Waals surface area contributed by atoms with Crippen LogP contribution in [0.15, 0.2) is 95.5 Å². The lowest BCUT2D eigenvalue weighted by Gasteiger charge is -2.09. The summed E-state index contributed by atoms with van der Waals surface area (Å²) in [5, 5.41) is 1.48. The minimum Gasteiger partial charge on any atom is -0.494 e. The van der Waals surface area contributed by atoms with Crippen LogP contribution in [-0.4, -0.2) is 22.0 Å². The molecule has 4 nitrogen and oxygen atoms in total. The zero-order chi connectivity index (χ0) is 25.2. The summed E-state index contributed by atoms with van der Waals surface area (Å²) >= 11 is 12.2. The predicted molar refractivity (Wildman–Crippen MR) is 149 cm³/mol. The summed E-state index contributed by atoms with van der Waals surface area (Å²) in [6, 6.07) is 22.4. The molecule has 2 aromatic carbocycles. The number of allylic oxidation sites excluding steroid dienone is 1. The van der Waals surface area contributed by atoms with Crippen LogP contribution in [0.4, 0.5) is 0 Å². The van der Waals surface area contributed by atoms with E-state index >= 15 is 0 Å². The topological polar surface area (TPSA) is 31.4 Å². The van der Waals surface area contributed by atoms with Crippen molar-refractivity contribution in [3.05, 3.63) is 134 Å². The van der Waals surface area contributed by atoms with E-state index < -0.39 is 0 Å². The molecule has 0 aliphatic carbocycles. The molecule has 0 bridgehead atoms. The van der Waals surface area contributed by atoms with Crippen LogP contribution < -0.4 is 0 Å². The number of benzene rings is 2. The van der Waals surface area contributed by atoms with Crippen LogP contribution in [0.2, 0.25) is 10.0 Å². The van der Waals surface area contributed by atoms with Gasteiger partial charge in [0.2, 0.25) is 0 Å². The number of aryl methyl sites for hydroxylation is 1. The highest BCUT2D eigenvalue weighted by Gasteiger charge is 2.20. The van der Waals surface area contributed by atoms with Crippen LogP contribution in [0, 0.1) is 0 Å². The first-order valence-corrected chi connectivity index (χ1v) is 12.5. The van der Waals surface area contributed by atoms with Gasteiger partial charge in [-0.15, -0.1) is 0 Å². The van der Waals surface area contributed by atoms with Crippen molar-refractivity contribution >= 4 is 35.0 Å². The van der Waals surface area contributed by atoms with Crippen molar-refractivity contribution in [2.75, 3.05) is 7.11 Å². The van der Waals surface area contributed by atoms with Crippen molar-refractivity contribution in [2.45, 2.75) is 12.8 Å². The number of hydrogen-bond acceptors (Lipinski definition) is 2. The smallest absolute Gasteiger partial charge is 0.146 e. The summed E-state index contributed by atoms with van der Waals surface area (Å²) in [4.78, 5) is 4.94. The Kier molecular flexibility index (Phi) is 6.90. The van der Waals surface area contributed by atoms with Gasteiger partial charge in [0.05, 0.1) is 18.5 Å². The lowest BCUT2D eigenvalue weighted by atomic mass is 10.0. The van der Waals surface area contributed by atoms with Gasteiger partial charge in [-0.1, -0.05) is 47.5 Å². The maximum atomic E-state index is 6.13. The molecule has 3 heterocycles. The van der Waals surface area contributed by atoms with Gasteiger partial charge in [-0.3, -0.25) is 0 Å². The third kappa shape index (κ3) is 5.06. The van der Waals surface area contributed by atoms with Gasteiger partial charge in [-0.05, 0) is 71.7 Å². The maximum absolute atomic E-state index is 6.13. The Labute approximate surface area is 221 Å². The summed E-state index contributed by atoms with van der Waals surface area (Å²) in [5.41, 5.74) is 8.68. The van der Waals surface area contributed by atoms with Crippen molar-refractivity contribution in [2.24, 2.45) is 19.1 Å². The molecular formula is C30H27Cl2N3O. The number of methoxy groups -OCH3 is 1. The Bertz CT molecular complexity index is 1490. The molecule has 0 unspecified atom stereocenters. The highest BCUT2D eigenvalue weighted by Crippen LogP contribution is 2.29. The van der Waals surface area contributed by atoms with Gasteiger partial charge in [0.25, 0.3) is 0 Å². The third-order valence-electron chi connectivity index (χ3n) is 6.53. The van der Waals surface area contributed by atoms with E-state index in [1.807, 2.05) is 49.7 Å². The van der Waals surface area contributed by atoms with Gasteiger partial charge < -0.3 is 13.9 Å². The van der Waals surface area contributed by atoms with Gasteiger partial charge in [-0.25, -0.2) is 4.99 Å². The second-order valence-electron chi connectivity index (χ2n) is 8.96. The molecule has 4 aromatic rings. The second-order valence-corrected chi connectivity index (χ2v) is 9.83. The summed E-state index contributed by atoms with van der Waals surface area (Å²) in [6.45, 7) is 0. The Balaban J connectivity index is 1.57. The van der Waals surface area contributed by atoms with Crippen LogP contribution >= 0.6 is 23.2 Å². The monoisotopic (exact) mass is 515 g/mol. The minimum absolute atomic E-state index is 0.737. The molecule has 0 saturated carbocycles. The minimum atomic E-state index is 0.737. The molecule has 2 aromatic heterocycles. The summed E-state index contributed by atoms with van der Waals surface area (Å²) in [7, 11) is 5.81. The molecule has 182 valence electrons. The van der Waals surface area contributed by atoms with Crippen molar-refractivity contribution in [1.29, 1.82) is 0 Å². The number of aliphatic imine (C=N–C) groups is 1. The van der Waals surface area contributed by atoms with Gasteiger partial charge in [0.15, 0.2) is 0 Å². The summed E-state index contributed by atoms with van der Waals surface area (Å²) < 4.78 is 10.0. The van der Waals surface area contributed by atoms with Crippen molar-refractivity contribution in [3.63, 3.8) is 0 Å². The molecule has 1 aliphatic rings. The van der Waals surface area contributed by atoms with E-state index in [4.69, 9.17) is 32.9 Å². The normalized spacial score (nSPS) is 14.3. The highest BCUT2D eigenvalue weighted by atomic mass is 35.5. The number of ether oxygens (including phenoxy) is 1. The average Bonchev–Trinajstić information content (AvgIpc) is 3.56. The maximum Gasteiger partial charge on any atom is 0.146 e. The van der Waals surface area contributed by atoms with Crippen molar-refractivity contribution < 1.29 is 4.74 Å². The molecule has 0 amide bonds. The molecule has 0 fully saturated rings. The molecular weight excluding hydrogens is 489 g/mol. The third-order valence-corrected chi connectivity index (χ3v) is 7.03. The predicted octanol–water partition coefficient (Wildman–Crippen LogP) is 7.23. The standard InChI is InChI=1S/C30H27Cl2N3O/c1-34-14-4-5-28(34)26-19-30(36-3)27(33-26)18-29-22(15-20-6-10-23(31)11-7-20)17-25(35(29)2)16-21-8-12-24(32)13-9-21/h4-14,17-19H,15-16H2,1-3H3/b27-18-. The van der Waals surface area contributed by atoms with Crippen molar-refractivity contribution in [1.82, 2.24) is 9.13 Å². The first-order chi connectivity index (χ1) is 17.4. The molecule has 0 atom stereocenters. The van der Waals surface area contributed by atoms with Gasteiger partial charge in [0.1, 0.15) is 11.5 Å². The van der Waals surface area contributed by atoms with E-state index in [1.165, 1.54) is 22.4 Å². The SMILES string of the molecule is COC1=CC(c2cccn2C)=N/C1=C\c1c(Cc2ccc(Cl)cc2)cc(Cc2ccc(Cl)cc2)n1C. The highest BCUT2D eigenvalue weighted by molar-refractivity contribution is 6.30. The summed E-state index contributed by atoms with van der Waals surface area (Å²) in [5.74, 6) is 0.754. The molecule has 0 saturated heterocycles. The fraction of sp³-hybridized carbons (Fsp3) is 0.167. The van der Waals surface area contributed by atoms with Gasteiger partial charge in [0, 0.05) is 54.2 Å². The zero-order valence-electron chi connectivity index (χ0n) is 20.5. The molecule has 5 rings (SSSR count). The second kappa shape index (κ2) is 10.3. The van der Waals surface area contributed by atoms with Crippen LogP contribution in [0.5, 0.6) is 0 Å². The van der Waals surface area contributed by atoms with Crippen LogP contribution in [0.1, 0.15) is 33.8 Å². The molecule has 0 spiro atoms. The Morgan fingerprint density at radius 2 is 1.53 bits per heavy atom. The first kappa shape index (κ1) is 24.2. The Morgan fingerprint density at radius 3 is 2.11 bits per heavy atom. The number of halogens is 2. The number of rotatable bonds is 7. The molecule has 0 radical (unpaired) electrons. The van der Waals surface area contributed by atoms with E-state index in [0.717, 1.165) is 51.4 Å². The lowest BCUT2D eigenvalue weighted by Crippen LogP contribution is -2.01. The van der Waals surface area contributed by atoms with E-state index in [2.05, 4.69) is 58.7 Å². The van der Waals surface area contributed by atoms with Crippen LogP contribution in [-0.2, 0) is 31.7 Å². The van der Waals surface area contributed by atoms with Crippen LogP contribution in [0.25, 0.3) is 6.08 Å². The van der Waals surface area contributed by atoms with E-state index in [-0.39, 0.29) is 0 Å². The number of hydrogen-bond donors (Lipinski definition) is 0. The zero-order valence-corrected chi connectivity index (χ0v) is 22.0. The Morgan fingerprint density at radius 1 is 0.889 bits per heavy atom. The molecule has 1 aliphatic heterocycles. The van der Waals surface area contributed by atoms with E-state index in [0.29, 0.717) is 0 Å². The van der Waals surface area contributed by atoms with Gasteiger partial charge in [-0.2, -0.15) is 0 Å². The molecule has 0 N–H and O–H groups in total. The summed E-state index contributed by atoms with van der Waals surface area (Å²) in [6.07, 6.45) is 7.73. The van der Waals surface area contributed by atoms with Gasteiger partial charge >= 0.3 is 0 Å². The largest absolute Gasteiger partial charge is 0.494 e. The lowest BCUT2D eigenvalue weighted by molar-refractivity contribution is 0.303. The Hall–Kier alpha value is -3.47. The molecule has 36 heavy (non-hydrogen) atoms. The fourth-order valence-corrected chi connectivity index (χ4v) is 4.80. The first-order valence-electron chi connectivity index (χ1n) is 11.8. The van der Waals surface area contributed by atoms with Crippen molar-refractivity contribution in [3.8, 4) is 0 Å². The quantitative estimate of drug-likeness (QED) is 0.255. The molecule has 6 heteroatoms. The van der Waals surface area contributed by atoms with E-state index in [9.17, 15) is 0 Å². The fourth-order valence-electron chi connectivity index (χ4n) is 4.55. The van der Waals surface area contributed by atoms with E-state index in [1.54, 1.807) is 7.11 Å². The number of aromatic nitrogens is 2.